The lowest BCUT2D eigenvalue weighted by atomic mass is 10.1. The van der Waals surface area contributed by atoms with Gasteiger partial charge in [-0.25, -0.2) is 13.9 Å². The average Bonchev–Trinajstić information content (AvgIpc) is 3.54. The van der Waals surface area contributed by atoms with Gasteiger partial charge < -0.3 is 25.2 Å². The Labute approximate surface area is 220 Å². The number of anilines is 4. The first-order valence-electron chi connectivity index (χ1n) is 12.3. The van der Waals surface area contributed by atoms with Crippen LogP contribution in [0.1, 0.15) is 6.42 Å². The third-order valence-electron chi connectivity index (χ3n) is 6.82. The van der Waals surface area contributed by atoms with Gasteiger partial charge in [0.1, 0.15) is 11.6 Å². The Hall–Kier alpha value is -4.44. The molecule has 4 aromatic rings. The Morgan fingerprint density at radius 3 is 2.79 bits per heavy atom. The number of hydrogen-bond acceptors (Lipinski definition) is 7. The number of fused-ring (bicyclic) bond motifs is 1. The largest absolute Gasteiger partial charge is 0.494 e. The molecule has 1 amide bonds. The minimum Gasteiger partial charge on any atom is -0.494 e. The zero-order chi connectivity index (χ0) is 26.8. The van der Waals surface area contributed by atoms with Gasteiger partial charge in [0.25, 0.3) is 0 Å². The topological polar surface area (TPSA) is 87.0 Å². The summed E-state index contributed by atoms with van der Waals surface area (Å²) in [5.41, 5.74) is 4.21. The summed E-state index contributed by atoms with van der Waals surface area (Å²) in [6.45, 7) is 5.52. The van der Waals surface area contributed by atoms with Crippen LogP contribution in [0.4, 0.5) is 27.4 Å². The molecule has 2 aromatic carbocycles. The molecular formula is C28H30FN7O2. The smallest absolute Gasteiger partial charge is 0.247 e. The van der Waals surface area contributed by atoms with Crippen LogP contribution >= 0.6 is 0 Å². The molecule has 0 aliphatic carbocycles. The second-order valence-corrected chi connectivity index (χ2v) is 9.35. The first-order valence-corrected chi connectivity index (χ1v) is 12.3. The number of nitrogens with zero attached hydrogens (tertiary/aromatic N) is 5. The van der Waals surface area contributed by atoms with E-state index in [9.17, 15) is 9.18 Å². The highest BCUT2D eigenvalue weighted by atomic mass is 19.1. The molecule has 2 N–H and O–H groups in total. The maximum Gasteiger partial charge on any atom is 0.247 e. The summed E-state index contributed by atoms with van der Waals surface area (Å²) in [6, 6.07) is 14.1. The van der Waals surface area contributed by atoms with Crippen molar-refractivity contribution in [3.8, 4) is 17.0 Å². The van der Waals surface area contributed by atoms with Crippen LogP contribution in [-0.2, 0) is 4.79 Å². The van der Waals surface area contributed by atoms with Crippen molar-refractivity contribution in [1.29, 1.82) is 0 Å². The maximum absolute atomic E-state index is 13.9. The molecule has 1 saturated heterocycles. The number of nitrogens with one attached hydrogen (secondary N) is 2. The summed E-state index contributed by atoms with van der Waals surface area (Å²) in [4.78, 5) is 21.2. The van der Waals surface area contributed by atoms with Crippen LogP contribution in [0.15, 0.2) is 67.4 Å². The number of aromatic nitrogens is 3. The standard InChI is InChI=1S/C28H30FN7O2/c1-5-27(37)31-22-14-23(26(38-4)15-25(22)35(3)21-11-12-34(2)17-21)32-28-30-16-20-9-10-24(36(20)33-28)18-7-6-8-19(29)13-18/h5-10,13-16,21H,1,11-12,17H2,2-4H3,(H,31,37)(H,32,33). The second kappa shape index (κ2) is 10.5. The molecule has 5 rings (SSSR count). The first kappa shape index (κ1) is 25.2. The summed E-state index contributed by atoms with van der Waals surface area (Å²) in [7, 11) is 5.71. The highest BCUT2D eigenvalue weighted by Gasteiger charge is 2.26. The van der Waals surface area contributed by atoms with Gasteiger partial charge in [-0.05, 0) is 56.4 Å². The third-order valence-corrected chi connectivity index (χ3v) is 6.82. The number of hydrogen-bond donors (Lipinski definition) is 2. The molecule has 196 valence electrons. The number of amides is 1. The molecule has 1 fully saturated rings. The Balaban J connectivity index is 1.52. The van der Waals surface area contributed by atoms with E-state index in [1.54, 1.807) is 30.0 Å². The Morgan fingerprint density at radius 1 is 1.24 bits per heavy atom. The van der Waals surface area contributed by atoms with Gasteiger partial charge in [0.05, 0.1) is 41.6 Å². The molecule has 1 aliphatic rings. The summed E-state index contributed by atoms with van der Waals surface area (Å²) in [5, 5.41) is 10.8. The van der Waals surface area contributed by atoms with Gasteiger partial charge in [-0.2, -0.15) is 0 Å². The number of halogens is 1. The number of likely N-dealkylation sites (N-methyl/N-ethyl adjacent to an activating group) is 2. The van der Waals surface area contributed by atoms with Crippen molar-refractivity contribution in [3.63, 3.8) is 0 Å². The highest BCUT2D eigenvalue weighted by molar-refractivity contribution is 6.02. The van der Waals surface area contributed by atoms with Crippen LogP contribution in [0, 0.1) is 5.82 Å². The number of rotatable bonds is 8. The lowest BCUT2D eigenvalue weighted by Gasteiger charge is -2.29. The number of carbonyl (C=O) groups is 1. The average molecular weight is 516 g/mol. The molecule has 0 saturated carbocycles. The highest BCUT2D eigenvalue weighted by Crippen LogP contribution is 2.39. The molecule has 1 atom stereocenters. The minimum absolute atomic E-state index is 0.295. The molecule has 2 aromatic heterocycles. The number of ether oxygens (including phenoxy) is 1. The van der Waals surface area contributed by atoms with Gasteiger partial charge >= 0.3 is 0 Å². The molecule has 9 nitrogen and oxygen atoms in total. The molecule has 10 heteroatoms. The van der Waals surface area contributed by atoms with Crippen molar-refractivity contribution in [2.45, 2.75) is 12.5 Å². The normalized spacial score (nSPS) is 15.4. The fourth-order valence-corrected chi connectivity index (χ4v) is 4.78. The van der Waals surface area contributed by atoms with Gasteiger partial charge in [0, 0.05) is 31.3 Å². The van der Waals surface area contributed by atoms with Crippen molar-refractivity contribution in [2.75, 3.05) is 49.8 Å². The van der Waals surface area contributed by atoms with Gasteiger partial charge in [0.2, 0.25) is 11.9 Å². The summed E-state index contributed by atoms with van der Waals surface area (Å²) in [6.07, 6.45) is 3.94. The zero-order valence-corrected chi connectivity index (χ0v) is 21.6. The quantitative estimate of drug-likeness (QED) is 0.333. The predicted octanol–water partition coefficient (Wildman–Crippen LogP) is 4.55. The Morgan fingerprint density at radius 2 is 2.08 bits per heavy atom. The Kier molecular flexibility index (Phi) is 6.97. The minimum atomic E-state index is -0.321. The van der Waals surface area contributed by atoms with Crippen molar-refractivity contribution in [2.24, 2.45) is 0 Å². The molecule has 38 heavy (non-hydrogen) atoms. The molecular weight excluding hydrogens is 485 g/mol. The SMILES string of the molecule is C=CC(=O)Nc1cc(Nc2ncc3ccc(-c4cccc(F)c4)n3n2)c(OC)cc1N(C)C1CCN(C)C1. The van der Waals surface area contributed by atoms with Crippen molar-refractivity contribution in [1.82, 2.24) is 19.5 Å². The summed E-state index contributed by atoms with van der Waals surface area (Å²) in [5.74, 6) is 0.239. The van der Waals surface area contributed by atoms with E-state index in [2.05, 4.69) is 44.1 Å². The number of methoxy groups -OCH3 is 1. The van der Waals surface area contributed by atoms with E-state index in [1.165, 1.54) is 18.2 Å². The van der Waals surface area contributed by atoms with Crippen LogP contribution in [0.25, 0.3) is 16.8 Å². The third kappa shape index (κ3) is 5.03. The fourth-order valence-electron chi connectivity index (χ4n) is 4.78. The van der Waals surface area contributed by atoms with E-state index >= 15 is 0 Å². The van der Waals surface area contributed by atoms with Crippen LogP contribution in [0.2, 0.25) is 0 Å². The molecule has 0 spiro atoms. The molecule has 0 bridgehead atoms. The van der Waals surface area contributed by atoms with E-state index in [-0.39, 0.29) is 11.7 Å². The summed E-state index contributed by atoms with van der Waals surface area (Å²) < 4.78 is 21.3. The van der Waals surface area contributed by atoms with E-state index in [1.807, 2.05) is 31.3 Å². The van der Waals surface area contributed by atoms with Crippen LogP contribution in [-0.4, -0.2) is 65.7 Å². The number of benzene rings is 2. The van der Waals surface area contributed by atoms with Crippen LogP contribution in [0.3, 0.4) is 0 Å². The van der Waals surface area contributed by atoms with Crippen LogP contribution < -0.4 is 20.3 Å². The van der Waals surface area contributed by atoms with E-state index < -0.39 is 0 Å². The molecule has 1 unspecified atom stereocenters. The lowest BCUT2D eigenvalue weighted by Crippen LogP contribution is -2.34. The maximum atomic E-state index is 13.9. The Bertz CT molecular complexity index is 1500. The first-order chi connectivity index (χ1) is 18.4. The van der Waals surface area contributed by atoms with E-state index in [0.717, 1.165) is 36.4 Å². The number of likely N-dealkylation sites (tertiary alicyclic amines) is 1. The van der Waals surface area contributed by atoms with E-state index in [4.69, 9.17) is 4.74 Å². The van der Waals surface area contributed by atoms with Gasteiger partial charge in [-0.3, -0.25) is 4.79 Å². The second-order valence-electron chi connectivity index (χ2n) is 9.35. The monoisotopic (exact) mass is 515 g/mol. The predicted molar refractivity (Wildman–Crippen MR) is 148 cm³/mol. The lowest BCUT2D eigenvalue weighted by molar-refractivity contribution is -0.111. The van der Waals surface area contributed by atoms with Crippen molar-refractivity contribution >= 4 is 34.4 Å². The molecule has 0 radical (unpaired) electrons. The van der Waals surface area contributed by atoms with Gasteiger partial charge in [-0.15, -0.1) is 5.10 Å². The molecule has 3 heterocycles. The fraction of sp³-hybridized carbons (Fsp3) is 0.250. The van der Waals surface area contributed by atoms with Gasteiger partial charge in [0.15, 0.2) is 0 Å². The van der Waals surface area contributed by atoms with Crippen molar-refractivity contribution in [3.05, 3.63) is 73.2 Å². The summed E-state index contributed by atoms with van der Waals surface area (Å²) >= 11 is 0. The van der Waals surface area contributed by atoms with E-state index in [0.29, 0.717) is 34.7 Å². The zero-order valence-electron chi connectivity index (χ0n) is 21.6. The number of carbonyl (C=O) groups excluding carboxylic acids is 1. The van der Waals surface area contributed by atoms with Gasteiger partial charge in [-0.1, -0.05) is 18.7 Å². The molecule has 1 aliphatic heterocycles. The van der Waals surface area contributed by atoms with Crippen molar-refractivity contribution < 1.29 is 13.9 Å². The van der Waals surface area contributed by atoms with Crippen LogP contribution in [0.5, 0.6) is 5.75 Å².